The van der Waals surface area contributed by atoms with Gasteiger partial charge in [-0.05, 0) is 32.0 Å². The van der Waals surface area contributed by atoms with Crippen LogP contribution in [0, 0.1) is 0 Å². The maximum Gasteiger partial charge on any atom is 0.191 e. The van der Waals surface area contributed by atoms with E-state index in [1.165, 1.54) is 0 Å². The molecule has 1 fully saturated rings. The molecule has 2 N–H and O–H groups in total. The fourth-order valence-electron chi connectivity index (χ4n) is 2.46. The number of halogens is 1. The zero-order valence-corrected chi connectivity index (χ0v) is 17.6. The summed E-state index contributed by atoms with van der Waals surface area (Å²) < 4.78 is 0. The quantitative estimate of drug-likeness (QED) is 0.411. The van der Waals surface area contributed by atoms with Crippen molar-refractivity contribution >= 4 is 35.8 Å². The van der Waals surface area contributed by atoms with E-state index in [-0.39, 0.29) is 24.0 Å². The van der Waals surface area contributed by atoms with Gasteiger partial charge in [-0.25, -0.2) is 4.98 Å². The van der Waals surface area contributed by atoms with Gasteiger partial charge < -0.3 is 20.4 Å². The van der Waals surface area contributed by atoms with Crippen LogP contribution in [0.4, 0.5) is 5.82 Å². The Hall–Kier alpha value is -1.09. The summed E-state index contributed by atoms with van der Waals surface area (Å²) in [7, 11) is 3.96. The number of aromatic nitrogens is 1. The third kappa shape index (κ3) is 6.43. The summed E-state index contributed by atoms with van der Waals surface area (Å²) in [6, 6.07) is 4.68. The average molecular weight is 446 g/mol. The summed E-state index contributed by atoms with van der Waals surface area (Å²) in [5.41, 5.74) is 1.16. The second-order valence-corrected chi connectivity index (χ2v) is 6.19. The van der Waals surface area contributed by atoms with E-state index in [9.17, 15) is 0 Å². The topological polar surface area (TPSA) is 55.8 Å². The van der Waals surface area contributed by atoms with Crippen LogP contribution in [0.5, 0.6) is 0 Å². The molecule has 1 unspecified atom stereocenters. The van der Waals surface area contributed by atoms with Crippen LogP contribution in [0.3, 0.4) is 0 Å². The Morgan fingerprint density at radius 3 is 2.54 bits per heavy atom. The minimum absolute atomic E-state index is 0. The fourth-order valence-corrected chi connectivity index (χ4v) is 2.46. The highest BCUT2D eigenvalue weighted by Gasteiger charge is 2.14. The number of aliphatic imine (C=N–C) groups is 1. The average Bonchev–Trinajstić information content (AvgIpc) is 2.59. The molecule has 0 amide bonds. The number of nitrogens with zero attached hydrogens (tertiary/aromatic N) is 4. The van der Waals surface area contributed by atoms with Crippen molar-refractivity contribution in [1.29, 1.82) is 0 Å². The van der Waals surface area contributed by atoms with Crippen LogP contribution in [0.25, 0.3) is 0 Å². The molecular formula is C17H31IN6. The molecule has 0 radical (unpaired) electrons. The molecule has 7 heteroatoms. The summed E-state index contributed by atoms with van der Waals surface area (Å²) in [5.74, 6) is 1.91. The number of likely N-dealkylation sites (N-methyl/N-ethyl adjacent to an activating group) is 1. The molecule has 0 aromatic carbocycles. The third-order valence-electron chi connectivity index (χ3n) is 4.32. The number of hydrogen-bond acceptors (Lipinski definition) is 4. The summed E-state index contributed by atoms with van der Waals surface area (Å²) in [6.45, 7) is 9.33. The molecule has 2 rings (SSSR count). The molecule has 1 aliphatic heterocycles. The number of hydrogen-bond donors (Lipinski definition) is 2. The Labute approximate surface area is 163 Å². The van der Waals surface area contributed by atoms with Crippen molar-refractivity contribution in [3.63, 3.8) is 0 Å². The van der Waals surface area contributed by atoms with E-state index >= 15 is 0 Å². The van der Waals surface area contributed by atoms with Crippen molar-refractivity contribution < 1.29 is 0 Å². The summed E-state index contributed by atoms with van der Waals surface area (Å²) in [5, 5.41) is 6.69. The lowest BCUT2D eigenvalue weighted by Crippen LogP contribution is -2.44. The van der Waals surface area contributed by atoms with Crippen LogP contribution < -0.4 is 15.5 Å². The highest BCUT2D eigenvalue weighted by atomic mass is 127. The number of nitrogens with one attached hydrogen (secondary N) is 2. The van der Waals surface area contributed by atoms with Gasteiger partial charge in [0.1, 0.15) is 5.82 Å². The predicted molar refractivity (Wildman–Crippen MR) is 112 cm³/mol. The third-order valence-corrected chi connectivity index (χ3v) is 4.32. The monoisotopic (exact) mass is 446 g/mol. The molecule has 1 saturated heterocycles. The van der Waals surface area contributed by atoms with Crippen molar-refractivity contribution in [1.82, 2.24) is 20.5 Å². The number of anilines is 1. The number of pyridine rings is 1. The van der Waals surface area contributed by atoms with Crippen LogP contribution >= 0.6 is 24.0 Å². The first-order valence-corrected chi connectivity index (χ1v) is 8.48. The summed E-state index contributed by atoms with van der Waals surface area (Å²) in [4.78, 5) is 13.6. The van der Waals surface area contributed by atoms with E-state index in [4.69, 9.17) is 0 Å². The Morgan fingerprint density at radius 2 is 2.00 bits per heavy atom. The molecule has 0 spiro atoms. The normalized spacial score (nSPS) is 17.2. The first kappa shape index (κ1) is 21.0. The van der Waals surface area contributed by atoms with Gasteiger partial charge in [0.2, 0.25) is 0 Å². The van der Waals surface area contributed by atoms with Crippen LogP contribution in [-0.2, 0) is 6.54 Å². The predicted octanol–water partition coefficient (Wildman–Crippen LogP) is 1.91. The van der Waals surface area contributed by atoms with Crippen molar-refractivity contribution in [2.24, 2.45) is 4.99 Å². The van der Waals surface area contributed by atoms with Gasteiger partial charge >= 0.3 is 0 Å². The van der Waals surface area contributed by atoms with Crippen LogP contribution in [0.1, 0.15) is 25.8 Å². The highest BCUT2D eigenvalue weighted by Crippen LogP contribution is 2.13. The lowest BCUT2D eigenvalue weighted by Gasteiger charge is -2.33. The van der Waals surface area contributed by atoms with E-state index in [1.54, 1.807) is 7.05 Å². The van der Waals surface area contributed by atoms with Crippen LogP contribution in [0.2, 0.25) is 0 Å². The Bertz CT molecular complexity index is 496. The van der Waals surface area contributed by atoms with Gasteiger partial charge in [0, 0.05) is 52.0 Å². The Kier molecular flexibility index (Phi) is 9.35. The van der Waals surface area contributed by atoms with Crippen molar-refractivity contribution in [3.8, 4) is 0 Å². The molecule has 0 aliphatic carbocycles. The first-order chi connectivity index (χ1) is 11.1. The van der Waals surface area contributed by atoms with E-state index in [1.807, 2.05) is 6.20 Å². The fraction of sp³-hybridized carbons (Fsp3) is 0.647. The van der Waals surface area contributed by atoms with Gasteiger partial charge in [-0.2, -0.15) is 0 Å². The zero-order valence-electron chi connectivity index (χ0n) is 15.2. The van der Waals surface area contributed by atoms with Crippen molar-refractivity contribution in [3.05, 3.63) is 23.9 Å². The largest absolute Gasteiger partial charge is 0.354 e. The maximum absolute atomic E-state index is 4.62. The van der Waals surface area contributed by atoms with Gasteiger partial charge in [0.25, 0.3) is 0 Å². The minimum Gasteiger partial charge on any atom is -0.354 e. The molecule has 1 atom stereocenters. The maximum atomic E-state index is 4.62. The SMILES string of the molecule is CCC(C)NC(=NC)NCc1ccc(N2CCN(C)CC2)nc1.I. The zero-order chi connectivity index (χ0) is 16.7. The Balaban J connectivity index is 0.00000288. The van der Waals surface area contributed by atoms with Crippen molar-refractivity contribution in [2.75, 3.05) is 45.2 Å². The number of piperazine rings is 1. The Morgan fingerprint density at radius 1 is 1.29 bits per heavy atom. The van der Waals surface area contributed by atoms with Gasteiger partial charge in [-0.15, -0.1) is 24.0 Å². The molecular weight excluding hydrogens is 415 g/mol. The van der Waals surface area contributed by atoms with E-state index in [2.05, 4.69) is 63.4 Å². The van der Waals surface area contributed by atoms with Gasteiger partial charge in [-0.3, -0.25) is 4.99 Å². The summed E-state index contributed by atoms with van der Waals surface area (Å²) in [6.07, 6.45) is 3.03. The van der Waals surface area contributed by atoms with Crippen LogP contribution in [-0.4, -0.2) is 62.2 Å². The number of rotatable bonds is 5. The molecule has 24 heavy (non-hydrogen) atoms. The second kappa shape index (κ2) is 10.7. The smallest absolute Gasteiger partial charge is 0.191 e. The number of guanidine groups is 1. The highest BCUT2D eigenvalue weighted by molar-refractivity contribution is 14.0. The molecule has 2 heterocycles. The van der Waals surface area contributed by atoms with E-state index in [0.717, 1.165) is 56.5 Å². The standard InChI is InChI=1S/C17H30N6.HI/c1-5-14(2)21-17(18-3)20-13-15-6-7-16(19-12-15)23-10-8-22(4)9-11-23;/h6-7,12,14H,5,8-11,13H2,1-4H3,(H2,18,20,21);1H. The molecule has 1 aromatic rings. The van der Waals surface area contributed by atoms with Crippen molar-refractivity contribution in [2.45, 2.75) is 32.9 Å². The molecule has 0 bridgehead atoms. The lowest BCUT2D eigenvalue weighted by molar-refractivity contribution is 0.312. The van der Waals surface area contributed by atoms with E-state index < -0.39 is 0 Å². The molecule has 0 saturated carbocycles. The second-order valence-electron chi connectivity index (χ2n) is 6.19. The molecule has 1 aromatic heterocycles. The molecule has 136 valence electrons. The molecule has 6 nitrogen and oxygen atoms in total. The lowest BCUT2D eigenvalue weighted by atomic mass is 10.2. The van der Waals surface area contributed by atoms with Crippen LogP contribution in [0.15, 0.2) is 23.3 Å². The van der Waals surface area contributed by atoms with Gasteiger partial charge in [-0.1, -0.05) is 13.0 Å². The van der Waals surface area contributed by atoms with E-state index in [0.29, 0.717) is 6.04 Å². The van der Waals surface area contributed by atoms with Gasteiger partial charge in [0.05, 0.1) is 0 Å². The van der Waals surface area contributed by atoms with Gasteiger partial charge in [0.15, 0.2) is 5.96 Å². The first-order valence-electron chi connectivity index (χ1n) is 8.48. The summed E-state index contributed by atoms with van der Waals surface area (Å²) >= 11 is 0. The minimum atomic E-state index is 0. The molecule has 1 aliphatic rings.